The van der Waals surface area contributed by atoms with Gasteiger partial charge in [-0.2, -0.15) is 0 Å². The normalized spacial score (nSPS) is 53.2. The molecule has 0 aliphatic carbocycles. The molecule has 470 valence electrons. The van der Waals surface area contributed by atoms with Gasteiger partial charge in [-0.25, -0.2) is 4.79 Å². The second-order valence-corrected chi connectivity index (χ2v) is 20.3. The Labute approximate surface area is 456 Å². The van der Waals surface area contributed by atoms with Crippen molar-refractivity contribution in [1.29, 1.82) is 0 Å². The van der Waals surface area contributed by atoms with Crippen LogP contribution in [-0.4, -0.2) is 381 Å². The van der Waals surface area contributed by atoms with E-state index in [1.54, 1.807) is 0 Å². The van der Waals surface area contributed by atoms with E-state index in [-0.39, 0.29) is 0 Å². The lowest BCUT2D eigenvalue weighted by atomic mass is 9.95. The maximum atomic E-state index is 11.8. The van der Waals surface area contributed by atoms with Crippen molar-refractivity contribution in [2.45, 2.75) is 215 Å². The molecule has 0 aromatic rings. The summed E-state index contributed by atoms with van der Waals surface area (Å²) in [5, 5.41) is 230. The molecular weight excluding hydrogens is 1120 g/mol. The van der Waals surface area contributed by atoms with Gasteiger partial charge >= 0.3 is 5.97 Å². The van der Waals surface area contributed by atoms with Gasteiger partial charge in [-0.3, -0.25) is 0 Å². The van der Waals surface area contributed by atoms with Gasteiger partial charge in [0.05, 0.1) is 46.2 Å². The number of carbonyl (C=O) groups is 1. The third kappa shape index (κ3) is 13.2. The zero-order chi connectivity index (χ0) is 59.0. The van der Waals surface area contributed by atoms with Crippen molar-refractivity contribution in [2.75, 3.05) is 52.9 Å². The van der Waals surface area contributed by atoms with Crippen LogP contribution in [0.15, 0.2) is 0 Å². The fraction of sp³-hybridized carbons (Fsp3) is 0.977. The molecule has 0 aromatic carbocycles. The highest BCUT2D eigenvalue weighted by Gasteiger charge is 2.60. The van der Waals surface area contributed by atoms with Crippen LogP contribution in [0, 0.1) is 0 Å². The summed E-state index contributed by atoms with van der Waals surface area (Å²) in [6.45, 7) is -8.76. The third-order valence-corrected chi connectivity index (χ3v) is 15.2. The van der Waals surface area contributed by atoms with Crippen LogP contribution in [0.25, 0.3) is 0 Å². The van der Waals surface area contributed by atoms with Crippen LogP contribution < -0.4 is 0 Å². The smallest absolute Gasteiger partial charge is 0.329 e. The van der Waals surface area contributed by atoms with Gasteiger partial charge in [0.2, 0.25) is 0 Å². The molecule has 15 saturated heterocycles. The summed E-state index contributed by atoms with van der Waals surface area (Å²) < 4.78 is 85.5. The fourth-order valence-electron chi connectivity index (χ4n) is 10.7. The minimum Gasteiger partial charge on any atom is -0.480 e. The van der Waals surface area contributed by atoms with Crippen molar-refractivity contribution in [2.24, 2.45) is 0 Å². The van der Waals surface area contributed by atoms with Crippen LogP contribution in [0.2, 0.25) is 0 Å². The van der Waals surface area contributed by atoms with Crippen LogP contribution in [0.1, 0.15) is 0 Å². The molecule has 0 unspecified atom stereocenters. The van der Waals surface area contributed by atoms with Gasteiger partial charge in [-0.1, -0.05) is 0 Å². The first-order valence-corrected chi connectivity index (χ1v) is 25.7. The molecule has 35 atom stereocenters. The molecule has 15 fully saturated rings. The van der Waals surface area contributed by atoms with Gasteiger partial charge in [-0.15, -0.1) is 0 Å². The predicted molar refractivity (Wildman–Crippen MR) is 240 cm³/mol. The second-order valence-electron chi connectivity index (χ2n) is 20.3. The zero-order valence-electron chi connectivity index (χ0n) is 42.3. The standard InChI is InChI=1S/C44H72O37/c45-1-9-30-17(54)23(60)39(68-9)76-32-11(3-47)70-41(25(62)19(32)56)78-34-13(5-49)72-43(27(64)21(34)58)80-36-15(7-51)74-44(37(29(36)66)67-8-16(52)53)81-35-14(6-50)73-42(28(65)22(35)59)79-33-12(4-48)71-40(26(63)20(33)57)77-31-10(2-46)69-38(75-30)24(61)18(31)55/h9-15,17-51,54-66H,1-8H2,(H,52,53)/t9-,10-,11-,12-,13-,14-,15-,17-,18-,19-,20-,21-,22-,23-,24-,25-,26-,27-,28-,29+,30-,31-,32-,33-,34-,35-,36-,37-,38-,39-,40-,41-,42-,43-,44-/m1/s1. The quantitative estimate of drug-likeness (QED) is 0.0966. The van der Waals surface area contributed by atoms with E-state index in [9.17, 15) is 112 Å². The van der Waals surface area contributed by atoms with Gasteiger partial charge in [0, 0.05) is 0 Å². The molecule has 15 rings (SSSR count). The summed E-state index contributed by atoms with van der Waals surface area (Å²) in [5.74, 6) is -1.63. The van der Waals surface area contributed by atoms with Crippen LogP contribution in [-0.2, 0) is 75.8 Å². The van der Waals surface area contributed by atoms with E-state index >= 15 is 0 Å². The van der Waals surface area contributed by atoms with Crippen LogP contribution in [0.5, 0.6) is 0 Å². The molecule has 21 N–H and O–H groups in total. The summed E-state index contributed by atoms with van der Waals surface area (Å²) >= 11 is 0. The number of aliphatic carboxylic acids is 1. The van der Waals surface area contributed by atoms with E-state index in [0.29, 0.717) is 0 Å². The average molecular weight is 1190 g/mol. The SMILES string of the molecule is O=C(O)CO[C@H]1[C@H]2O[C@H]3[C@H](O)[C@@H](O)[C@@H](O[C@H]4[C@H](O)[C@@H](O)[C@@H](O[C@H]5[C@H](O)[C@@H](O)[C@@H](O[C@H]6[C@H](O)[C@@H](O)[C@@H](O[C@H]7[C@H](O)[C@@H](O)[C@@H](O[C@H]8[C@H](O)[C@@H](O)[C@@H](O[C@@H]([C@@H]1O)[C@@H](CO)O2)O[C@@H]8CO)O[C@@H]7CO)O[C@@H]6CO)O[C@@H]5CO)O[C@@H]4CO)O[C@@H]3CO. The first-order valence-electron chi connectivity index (χ1n) is 25.7. The Kier molecular flexibility index (Phi) is 22.4. The van der Waals surface area contributed by atoms with Gasteiger partial charge in [0.25, 0.3) is 0 Å². The Morgan fingerprint density at radius 1 is 0.259 bits per heavy atom. The van der Waals surface area contributed by atoms with E-state index in [0.717, 1.165) is 0 Å². The minimum atomic E-state index is -2.27. The molecule has 15 aliphatic heterocycles. The van der Waals surface area contributed by atoms with Gasteiger partial charge in [-0.05, 0) is 0 Å². The fourth-order valence-corrected chi connectivity index (χ4v) is 10.7. The van der Waals surface area contributed by atoms with Crippen molar-refractivity contribution < 1.29 is 183 Å². The number of carboxylic acid groups (broad SMARTS) is 1. The first-order chi connectivity index (χ1) is 38.5. The number of aliphatic hydroxyl groups is 20. The Bertz CT molecular complexity index is 1960. The molecule has 81 heavy (non-hydrogen) atoms. The molecule has 0 saturated carbocycles. The number of carboxylic acids is 1. The monoisotopic (exact) mass is 1190 g/mol. The number of hydrogen-bond acceptors (Lipinski definition) is 36. The van der Waals surface area contributed by atoms with E-state index in [4.69, 9.17) is 71.1 Å². The highest BCUT2D eigenvalue weighted by Crippen LogP contribution is 2.39. The Morgan fingerprint density at radius 2 is 0.432 bits per heavy atom. The number of fused-ring (bicyclic) bond motifs is 7. The molecule has 37 nitrogen and oxygen atoms in total. The Balaban J connectivity index is 1.10. The van der Waals surface area contributed by atoms with Crippen LogP contribution >= 0.6 is 0 Å². The number of rotatable bonds is 10. The lowest BCUT2D eigenvalue weighted by molar-refractivity contribution is -0.398. The Morgan fingerprint density at radius 3 is 0.617 bits per heavy atom. The number of hydrogen-bond donors (Lipinski definition) is 21. The molecule has 0 spiro atoms. The molecule has 37 heteroatoms. The third-order valence-electron chi connectivity index (χ3n) is 15.2. The first kappa shape index (κ1) is 65.1. The van der Waals surface area contributed by atoms with Gasteiger partial charge in [0.15, 0.2) is 44.0 Å². The lowest BCUT2D eigenvalue weighted by Crippen LogP contribution is -2.68. The second kappa shape index (κ2) is 27.8. The van der Waals surface area contributed by atoms with Crippen LogP contribution in [0.3, 0.4) is 0 Å². The Hall–Kier alpha value is -1.93. The van der Waals surface area contributed by atoms with Crippen molar-refractivity contribution >= 4 is 5.97 Å². The van der Waals surface area contributed by atoms with E-state index in [1.807, 2.05) is 0 Å². The summed E-state index contributed by atoms with van der Waals surface area (Å²) in [4.78, 5) is 11.7. The number of aliphatic hydroxyl groups excluding tert-OH is 20. The number of ether oxygens (including phenoxy) is 15. The molecule has 0 radical (unpaired) electrons. The minimum absolute atomic E-state index is 1.06. The lowest BCUT2D eigenvalue weighted by Gasteiger charge is -2.50. The van der Waals surface area contributed by atoms with Crippen molar-refractivity contribution in [3.05, 3.63) is 0 Å². The van der Waals surface area contributed by atoms with Crippen molar-refractivity contribution in [1.82, 2.24) is 0 Å². The molecule has 15 aliphatic rings. The summed E-state index contributed by atoms with van der Waals surface area (Å²) in [7, 11) is 0. The molecule has 0 amide bonds. The maximum Gasteiger partial charge on any atom is 0.329 e. The highest BCUT2D eigenvalue weighted by atomic mass is 16.8. The summed E-state index contributed by atoms with van der Waals surface area (Å²) in [5.41, 5.74) is 0. The topological polar surface area (TPSA) is 580 Å². The molecule has 15 heterocycles. The molecule has 14 bridgehead atoms. The highest BCUT2D eigenvalue weighted by molar-refractivity contribution is 5.68. The predicted octanol–water partition coefficient (Wildman–Crippen LogP) is -15.1. The summed E-state index contributed by atoms with van der Waals surface area (Å²) in [6.07, 6.45) is -71.4. The van der Waals surface area contributed by atoms with Gasteiger partial charge in [0.1, 0.15) is 178 Å². The van der Waals surface area contributed by atoms with Crippen molar-refractivity contribution in [3.63, 3.8) is 0 Å². The van der Waals surface area contributed by atoms with Gasteiger partial charge < -0.3 is 178 Å². The molecule has 0 aromatic heterocycles. The van der Waals surface area contributed by atoms with Crippen LogP contribution in [0.4, 0.5) is 0 Å². The summed E-state index contributed by atoms with van der Waals surface area (Å²) in [6, 6.07) is 0. The molecular formula is C44H72O37. The van der Waals surface area contributed by atoms with Crippen molar-refractivity contribution in [3.8, 4) is 0 Å². The maximum absolute atomic E-state index is 11.8. The zero-order valence-corrected chi connectivity index (χ0v) is 42.3. The van der Waals surface area contributed by atoms with E-state index in [2.05, 4.69) is 0 Å². The van der Waals surface area contributed by atoms with E-state index in [1.165, 1.54) is 0 Å². The largest absolute Gasteiger partial charge is 0.480 e. The average Bonchev–Trinajstić information content (AvgIpc) is 3.66. The van der Waals surface area contributed by atoms with E-state index < -0.39 is 274 Å².